The van der Waals surface area contributed by atoms with Crippen LogP contribution in [-0.2, 0) is 14.0 Å². The summed E-state index contributed by atoms with van der Waals surface area (Å²) >= 11 is 0. The van der Waals surface area contributed by atoms with E-state index in [-0.39, 0.29) is 17.4 Å². The van der Waals surface area contributed by atoms with Gasteiger partial charge in [0.15, 0.2) is 6.23 Å². The largest absolute Gasteiger partial charge is 0.497 e. The number of aromatic nitrogens is 2. The van der Waals surface area contributed by atoms with Gasteiger partial charge in [0.2, 0.25) is 0 Å². The maximum atomic E-state index is 6.35. The smallest absolute Gasteiger partial charge is 0.399 e. The lowest BCUT2D eigenvalue weighted by atomic mass is 9.75. The minimum atomic E-state index is -0.396. The molecule has 2 aliphatic heterocycles. The predicted octanol–water partition coefficient (Wildman–Crippen LogP) is 3.34. The number of benzene rings is 1. The highest BCUT2D eigenvalue weighted by Crippen LogP contribution is 2.37. The Bertz CT molecular complexity index is 777. The molecule has 1 aromatic heterocycles. The van der Waals surface area contributed by atoms with Crippen LogP contribution in [0.3, 0.4) is 0 Å². The van der Waals surface area contributed by atoms with Gasteiger partial charge in [0.05, 0.1) is 22.9 Å². The van der Waals surface area contributed by atoms with E-state index in [0.717, 1.165) is 41.4 Å². The SMILES string of the molecule is Cc1ccc2cnn([C@@H]3CCCCO3)c2c1B1OC(C)(C)C(C)(C)O1. The maximum absolute atomic E-state index is 6.35. The second-order valence-electron chi connectivity index (χ2n) is 8.23. The summed E-state index contributed by atoms with van der Waals surface area (Å²) in [5.41, 5.74) is 2.58. The summed E-state index contributed by atoms with van der Waals surface area (Å²) in [4.78, 5) is 0. The zero-order chi connectivity index (χ0) is 17.8. The zero-order valence-corrected chi connectivity index (χ0v) is 15.8. The first kappa shape index (κ1) is 17.1. The van der Waals surface area contributed by atoms with Crippen LogP contribution in [-0.4, -0.2) is 34.7 Å². The lowest BCUT2D eigenvalue weighted by molar-refractivity contribution is -0.0366. The summed E-state index contributed by atoms with van der Waals surface area (Å²) in [5, 5.41) is 5.75. The molecule has 0 unspecified atom stereocenters. The second kappa shape index (κ2) is 5.83. The highest BCUT2D eigenvalue weighted by atomic mass is 16.7. The summed E-state index contributed by atoms with van der Waals surface area (Å²) in [6, 6.07) is 4.24. The summed E-state index contributed by atoms with van der Waals surface area (Å²) < 4.78 is 20.7. The molecule has 1 atom stereocenters. The van der Waals surface area contributed by atoms with E-state index in [1.54, 1.807) is 0 Å². The first-order valence-corrected chi connectivity index (χ1v) is 9.24. The maximum Gasteiger partial charge on any atom is 0.497 e. The fourth-order valence-electron chi connectivity index (χ4n) is 3.66. The van der Waals surface area contributed by atoms with E-state index >= 15 is 0 Å². The molecule has 6 heteroatoms. The molecule has 134 valence electrons. The average molecular weight is 342 g/mol. The van der Waals surface area contributed by atoms with Crippen LogP contribution < -0.4 is 5.46 Å². The molecule has 3 heterocycles. The van der Waals surface area contributed by atoms with Gasteiger partial charge in [0, 0.05) is 17.5 Å². The minimum absolute atomic E-state index is 0.00535. The Morgan fingerprint density at radius 3 is 2.48 bits per heavy atom. The van der Waals surface area contributed by atoms with Crippen molar-refractivity contribution in [2.45, 2.75) is 71.3 Å². The van der Waals surface area contributed by atoms with Gasteiger partial charge in [-0.1, -0.05) is 12.1 Å². The van der Waals surface area contributed by atoms with Crippen LogP contribution in [0, 0.1) is 6.92 Å². The van der Waals surface area contributed by atoms with Gasteiger partial charge < -0.3 is 14.0 Å². The Morgan fingerprint density at radius 2 is 1.84 bits per heavy atom. The summed E-state index contributed by atoms with van der Waals surface area (Å²) in [7, 11) is -0.396. The van der Waals surface area contributed by atoms with E-state index in [1.165, 1.54) is 6.42 Å². The fraction of sp³-hybridized carbons (Fsp3) is 0.632. The molecule has 2 fully saturated rings. The Balaban J connectivity index is 1.83. The van der Waals surface area contributed by atoms with Crippen molar-refractivity contribution >= 4 is 23.5 Å². The zero-order valence-electron chi connectivity index (χ0n) is 15.8. The molecular formula is C19H27BN2O3. The van der Waals surface area contributed by atoms with Crippen LogP contribution in [0.5, 0.6) is 0 Å². The lowest BCUT2D eigenvalue weighted by Crippen LogP contribution is -2.41. The first-order valence-electron chi connectivity index (χ1n) is 9.24. The van der Waals surface area contributed by atoms with Gasteiger partial charge in [-0.3, -0.25) is 0 Å². The Labute approximate surface area is 149 Å². The van der Waals surface area contributed by atoms with E-state index < -0.39 is 7.12 Å². The van der Waals surface area contributed by atoms with E-state index in [4.69, 9.17) is 14.0 Å². The molecule has 5 nitrogen and oxygen atoms in total. The van der Waals surface area contributed by atoms with E-state index in [1.807, 2.05) is 10.9 Å². The van der Waals surface area contributed by atoms with Gasteiger partial charge in [-0.15, -0.1) is 0 Å². The van der Waals surface area contributed by atoms with Gasteiger partial charge in [0.25, 0.3) is 0 Å². The highest BCUT2D eigenvalue weighted by Gasteiger charge is 2.52. The molecule has 25 heavy (non-hydrogen) atoms. The van der Waals surface area contributed by atoms with Crippen molar-refractivity contribution in [3.05, 3.63) is 23.9 Å². The Morgan fingerprint density at radius 1 is 1.12 bits per heavy atom. The van der Waals surface area contributed by atoms with Crippen LogP contribution in [0.25, 0.3) is 10.9 Å². The van der Waals surface area contributed by atoms with Crippen molar-refractivity contribution in [3.8, 4) is 0 Å². The van der Waals surface area contributed by atoms with Gasteiger partial charge in [-0.2, -0.15) is 5.10 Å². The summed E-state index contributed by atoms with van der Waals surface area (Å²) in [6.45, 7) is 11.3. The predicted molar refractivity (Wildman–Crippen MR) is 99.0 cm³/mol. The summed E-state index contributed by atoms with van der Waals surface area (Å²) in [6.07, 6.45) is 5.20. The van der Waals surface area contributed by atoms with Crippen LogP contribution in [0.15, 0.2) is 18.3 Å². The van der Waals surface area contributed by atoms with Gasteiger partial charge in [-0.05, 0) is 59.4 Å². The van der Waals surface area contributed by atoms with E-state index in [9.17, 15) is 0 Å². The molecule has 2 aliphatic rings. The molecule has 2 saturated heterocycles. The number of fused-ring (bicyclic) bond motifs is 1. The molecule has 0 spiro atoms. The number of nitrogens with zero attached hydrogens (tertiary/aromatic N) is 2. The molecule has 0 N–H and O–H groups in total. The number of rotatable bonds is 2. The van der Waals surface area contributed by atoms with Crippen LogP contribution in [0.2, 0.25) is 0 Å². The minimum Gasteiger partial charge on any atom is -0.399 e. The highest BCUT2D eigenvalue weighted by molar-refractivity contribution is 6.65. The van der Waals surface area contributed by atoms with Crippen LogP contribution in [0.4, 0.5) is 0 Å². The van der Waals surface area contributed by atoms with E-state index in [0.29, 0.717) is 0 Å². The van der Waals surface area contributed by atoms with Gasteiger partial charge >= 0.3 is 7.12 Å². The van der Waals surface area contributed by atoms with Crippen molar-refractivity contribution in [1.29, 1.82) is 0 Å². The third-order valence-corrected chi connectivity index (χ3v) is 5.93. The average Bonchev–Trinajstić information content (AvgIpc) is 3.06. The third-order valence-electron chi connectivity index (χ3n) is 5.93. The topological polar surface area (TPSA) is 45.5 Å². The molecular weight excluding hydrogens is 315 g/mol. The van der Waals surface area contributed by atoms with Crippen LogP contribution in [0.1, 0.15) is 58.7 Å². The number of ether oxygens (including phenoxy) is 1. The van der Waals surface area contributed by atoms with Crippen molar-refractivity contribution in [2.75, 3.05) is 6.61 Å². The molecule has 0 saturated carbocycles. The normalized spacial score (nSPS) is 25.6. The van der Waals surface area contributed by atoms with Crippen molar-refractivity contribution in [1.82, 2.24) is 9.78 Å². The second-order valence-corrected chi connectivity index (χ2v) is 8.23. The van der Waals surface area contributed by atoms with Crippen molar-refractivity contribution in [3.63, 3.8) is 0 Å². The molecule has 0 amide bonds. The monoisotopic (exact) mass is 342 g/mol. The lowest BCUT2D eigenvalue weighted by Gasteiger charge is -2.32. The van der Waals surface area contributed by atoms with Gasteiger partial charge in [0.1, 0.15) is 0 Å². The molecule has 0 bridgehead atoms. The summed E-state index contributed by atoms with van der Waals surface area (Å²) in [5.74, 6) is 0. The molecule has 0 radical (unpaired) electrons. The molecule has 4 rings (SSSR count). The number of aryl methyl sites for hydroxylation is 1. The van der Waals surface area contributed by atoms with E-state index in [2.05, 4.69) is 51.9 Å². The first-order chi connectivity index (χ1) is 11.8. The Hall–Kier alpha value is -1.37. The van der Waals surface area contributed by atoms with Crippen molar-refractivity contribution in [2.24, 2.45) is 0 Å². The number of hydrogen-bond acceptors (Lipinski definition) is 4. The van der Waals surface area contributed by atoms with Gasteiger partial charge in [-0.25, -0.2) is 4.68 Å². The molecule has 2 aromatic rings. The quantitative estimate of drug-likeness (QED) is 0.786. The number of hydrogen-bond donors (Lipinski definition) is 0. The standard InChI is InChI=1S/C19H27BN2O3/c1-13-9-10-14-12-21-22(15-8-6-7-11-23-15)17(14)16(13)20-24-18(2,3)19(4,5)25-20/h9-10,12,15H,6-8,11H2,1-5H3/t15-/m0/s1. The van der Waals surface area contributed by atoms with Crippen LogP contribution >= 0.6 is 0 Å². The Kier molecular flexibility index (Phi) is 3.98. The van der Waals surface area contributed by atoms with Crippen molar-refractivity contribution < 1.29 is 14.0 Å². The molecule has 1 aromatic carbocycles. The molecule has 0 aliphatic carbocycles. The fourth-order valence-corrected chi connectivity index (χ4v) is 3.66. The third kappa shape index (κ3) is 2.71.